The van der Waals surface area contributed by atoms with E-state index in [1.807, 2.05) is 0 Å². The topological polar surface area (TPSA) is 46.6 Å². The molecule has 1 saturated heterocycles. The molecule has 62 valence electrons. The summed E-state index contributed by atoms with van der Waals surface area (Å²) in [6.07, 6.45) is 2.15. The molecule has 0 radical (unpaired) electrons. The molecule has 1 heterocycles. The molecule has 11 heavy (non-hydrogen) atoms. The van der Waals surface area contributed by atoms with Gasteiger partial charge in [0.05, 0.1) is 6.54 Å². The molecule has 1 aliphatic rings. The molecule has 1 fully saturated rings. The molecule has 0 atom stereocenters. The van der Waals surface area contributed by atoms with Crippen molar-refractivity contribution in [1.29, 1.82) is 0 Å². The van der Waals surface area contributed by atoms with Gasteiger partial charge in [-0.2, -0.15) is 5.06 Å². The number of amides is 1. The van der Waals surface area contributed by atoms with E-state index >= 15 is 0 Å². The van der Waals surface area contributed by atoms with Gasteiger partial charge in [0, 0.05) is 18.0 Å². The van der Waals surface area contributed by atoms with Crippen molar-refractivity contribution < 1.29 is 14.4 Å². The number of piperidine rings is 1. The van der Waals surface area contributed by atoms with E-state index in [0.29, 0.717) is 13.0 Å². The van der Waals surface area contributed by atoms with Crippen LogP contribution in [0.25, 0.3) is 0 Å². The van der Waals surface area contributed by atoms with Crippen molar-refractivity contribution in [1.82, 2.24) is 5.06 Å². The average molecular weight is 178 g/mol. The van der Waals surface area contributed by atoms with Crippen molar-refractivity contribution in [2.24, 2.45) is 0 Å². The van der Waals surface area contributed by atoms with Crippen molar-refractivity contribution in [3.8, 4) is 0 Å². The van der Waals surface area contributed by atoms with Gasteiger partial charge in [0.1, 0.15) is 0 Å². The van der Waals surface area contributed by atoms with Gasteiger partial charge in [-0.25, -0.2) is 4.79 Å². The van der Waals surface area contributed by atoms with Crippen LogP contribution in [0.5, 0.6) is 0 Å². The van der Waals surface area contributed by atoms with Crippen LogP contribution in [0.15, 0.2) is 0 Å². The normalized spacial score (nSPS) is 18.3. The molecule has 0 N–H and O–H groups in total. The van der Waals surface area contributed by atoms with Gasteiger partial charge in [0.15, 0.2) is 0 Å². The van der Waals surface area contributed by atoms with Gasteiger partial charge in [0.25, 0.3) is 5.91 Å². The lowest BCUT2D eigenvalue weighted by Gasteiger charge is -2.23. The lowest BCUT2D eigenvalue weighted by Crippen LogP contribution is -2.35. The second-order valence-electron chi connectivity index (χ2n) is 2.28. The van der Waals surface area contributed by atoms with Crippen LogP contribution < -0.4 is 0 Å². The number of nitrogens with zero attached hydrogens (tertiary/aromatic N) is 1. The number of halogens is 1. The lowest BCUT2D eigenvalue weighted by atomic mass is 10.2. The van der Waals surface area contributed by atoms with E-state index < -0.39 is 5.43 Å². The third-order valence-corrected chi connectivity index (χ3v) is 1.53. The highest BCUT2D eigenvalue weighted by molar-refractivity contribution is 6.61. The third-order valence-electron chi connectivity index (χ3n) is 1.46. The zero-order chi connectivity index (χ0) is 8.27. The lowest BCUT2D eigenvalue weighted by molar-refractivity contribution is -0.167. The SMILES string of the molecule is O=C(Cl)ON1CCCCC1=O. The largest absolute Gasteiger partial charge is 0.428 e. The Morgan fingerprint density at radius 3 is 2.82 bits per heavy atom. The summed E-state index contributed by atoms with van der Waals surface area (Å²) in [5.74, 6) is -0.176. The predicted octanol–water partition coefficient (Wildman–Crippen LogP) is 1.29. The molecule has 0 aliphatic carbocycles. The van der Waals surface area contributed by atoms with Gasteiger partial charge in [-0.15, -0.1) is 0 Å². The Morgan fingerprint density at radius 1 is 1.55 bits per heavy atom. The Labute approximate surface area is 69.0 Å². The first kappa shape index (κ1) is 8.33. The molecular weight excluding hydrogens is 170 g/mol. The molecule has 0 spiro atoms. The first-order valence-corrected chi connectivity index (χ1v) is 3.76. The molecule has 0 saturated carbocycles. The fourth-order valence-corrected chi connectivity index (χ4v) is 1.05. The molecule has 0 unspecified atom stereocenters. The number of hydrogen-bond acceptors (Lipinski definition) is 3. The van der Waals surface area contributed by atoms with Crippen LogP contribution in [-0.2, 0) is 9.63 Å². The van der Waals surface area contributed by atoms with Crippen LogP contribution in [0, 0.1) is 0 Å². The standard InChI is InChI=1S/C6H8ClNO3/c7-6(10)11-8-4-2-1-3-5(8)9/h1-4H2. The minimum absolute atomic E-state index is 0.176. The monoisotopic (exact) mass is 177 g/mol. The average Bonchev–Trinajstić information content (AvgIpc) is 1.93. The maximum absolute atomic E-state index is 10.9. The number of carbonyl (C=O) groups is 2. The van der Waals surface area contributed by atoms with Crippen molar-refractivity contribution in [3.05, 3.63) is 0 Å². The quantitative estimate of drug-likeness (QED) is 0.567. The van der Waals surface area contributed by atoms with Crippen molar-refractivity contribution in [3.63, 3.8) is 0 Å². The molecule has 1 amide bonds. The summed E-state index contributed by atoms with van der Waals surface area (Å²) in [4.78, 5) is 25.5. The number of carbonyl (C=O) groups excluding carboxylic acids is 2. The second kappa shape index (κ2) is 3.57. The zero-order valence-corrected chi connectivity index (χ0v) is 6.63. The Morgan fingerprint density at radius 2 is 2.27 bits per heavy atom. The van der Waals surface area contributed by atoms with Gasteiger partial charge in [-0.05, 0) is 12.8 Å². The molecule has 0 bridgehead atoms. The van der Waals surface area contributed by atoms with E-state index in [0.717, 1.165) is 17.9 Å². The first-order valence-electron chi connectivity index (χ1n) is 3.38. The van der Waals surface area contributed by atoms with E-state index in [9.17, 15) is 9.59 Å². The van der Waals surface area contributed by atoms with Crippen LogP contribution in [0.3, 0.4) is 0 Å². The Hall–Kier alpha value is -0.770. The number of hydrogen-bond donors (Lipinski definition) is 0. The zero-order valence-electron chi connectivity index (χ0n) is 5.88. The predicted molar refractivity (Wildman–Crippen MR) is 37.9 cm³/mol. The van der Waals surface area contributed by atoms with Gasteiger partial charge in [-0.3, -0.25) is 4.79 Å². The van der Waals surface area contributed by atoms with E-state index in [-0.39, 0.29) is 5.91 Å². The summed E-state index contributed by atoms with van der Waals surface area (Å²) in [6.45, 7) is 0.456. The van der Waals surface area contributed by atoms with Crippen molar-refractivity contribution >= 4 is 22.9 Å². The molecule has 0 aromatic heterocycles. The van der Waals surface area contributed by atoms with Crippen LogP contribution in [-0.4, -0.2) is 22.9 Å². The highest BCUT2D eigenvalue weighted by Gasteiger charge is 2.20. The Balaban J connectivity index is 2.42. The molecule has 0 aromatic rings. The van der Waals surface area contributed by atoms with Crippen molar-refractivity contribution in [2.75, 3.05) is 6.54 Å². The number of rotatable bonds is 1. The number of hydroxylamine groups is 2. The highest BCUT2D eigenvalue weighted by Crippen LogP contribution is 2.11. The minimum atomic E-state index is -0.958. The Kier molecular flexibility index (Phi) is 2.70. The summed E-state index contributed by atoms with van der Waals surface area (Å²) in [5, 5.41) is 1.01. The molecule has 5 heteroatoms. The van der Waals surface area contributed by atoms with Crippen LogP contribution in [0.2, 0.25) is 0 Å². The fourth-order valence-electron chi connectivity index (χ4n) is 0.964. The second-order valence-corrected chi connectivity index (χ2v) is 2.59. The van der Waals surface area contributed by atoms with Crippen LogP contribution in [0.4, 0.5) is 4.79 Å². The molecule has 1 aliphatic heterocycles. The Bertz CT molecular complexity index is 183. The summed E-state index contributed by atoms with van der Waals surface area (Å²) < 4.78 is 0. The highest BCUT2D eigenvalue weighted by atomic mass is 35.5. The minimum Gasteiger partial charge on any atom is -0.323 e. The molecular formula is C6H8ClNO3. The van der Waals surface area contributed by atoms with Crippen LogP contribution >= 0.6 is 11.6 Å². The van der Waals surface area contributed by atoms with E-state index in [1.165, 1.54) is 0 Å². The van der Waals surface area contributed by atoms with Gasteiger partial charge < -0.3 is 4.84 Å². The summed E-state index contributed by atoms with van der Waals surface area (Å²) in [6, 6.07) is 0. The summed E-state index contributed by atoms with van der Waals surface area (Å²) >= 11 is 4.92. The summed E-state index contributed by atoms with van der Waals surface area (Å²) in [7, 11) is 0. The van der Waals surface area contributed by atoms with Gasteiger partial charge in [0.2, 0.25) is 0 Å². The molecule has 1 rings (SSSR count). The van der Waals surface area contributed by atoms with E-state index in [1.54, 1.807) is 0 Å². The van der Waals surface area contributed by atoms with Gasteiger partial charge in [-0.1, -0.05) is 0 Å². The fraction of sp³-hybridized carbons (Fsp3) is 0.667. The van der Waals surface area contributed by atoms with E-state index in [2.05, 4.69) is 4.84 Å². The van der Waals surface area contributed by atoms with Gasteiger partial charge >= 0.3 is 5.43 Å². The van der Waals surface area contributed by atoms with Crippen molar-refractivity contribution in [2.45, 2.75) is 19.3 Å². The maximum atomic E-state index is 10.9. The van der Waals surface area contributed by atoms with Crippen LogP contribution in [0.1, 0.15) is 19.3 Å². The molecule has 0 aromatic carbocycles. The third kappa shape index (κ3) is 2.38. The maximum Gasteiger partial charge on any atom is 0.428 e. The summed E-state index contributed by atoms with van der Waals surface area (Å²) in [5.41, 5.74) is -0.958. The van der Waals surface area contributed by atoms with E-state index in [4.69, 9.17) is 11.6 Å². The molecule has 4 nitrogen and oxygen atoms in total. The first-order chi connectivity index (χ1) is 5.20. The smallest absolute Gasteiger partial charge is 0.323 e.